The van der Waals surface area contributed by atoms with E-state index in [-0.39, 0.29) is 17.6 Å². The topological polar surface area (TPSA) is 58.6 Å². The molecule has 5 nitrogen and oxygen atoms in total. The van der Waals surface area contributed by atoms with Gasteiger partial charge in [0.15, 0.2) is 0 Å². The summed E-state index contributed by atoms with van der Waals surface area (Å²) in [5.74, 6) is -0.0574. The number of carbonyl (C=O) groups excluding carboxylic acids is 2. The maximum atomic E-state index is 12.5. The second-order valence-electron chi connectivity index (χ2n) is 6.56. The predicted molar refractivity (Wildman–Crippen MR) is 103 cm³/mol. The van der Waals surface area contributed by atoms with Gasteiger partial charge in [-0.25, -0.2) is 0 Å². The zero-order chi connectivity index (χ0) is 19.9. The molecule has 1 aliphatic heterocycles. The van der Waals surface area contributed by atoms with E-state index in [1.165, 1.54) is 23.5 Å². The van der Waals surface area contributed by atoms with Crippen LogP contribution in [-0.2, 0) is 22.4 Å². The summed E-state index contributed by atoms with van der Waals surface area (Å²) in [6.45, 7) is -1.83. The van der Waals surface area contributed by atoms with Crippen molar-refractivity contribution in [2.24, 2.45) is 0 Å². The number of thiophene rings is 1. The molecule has 3 rings (SSSR count). The summed E-state index contributed by atoms with van der Waals surface area (Å²) in [5.41, 5.74) is 0.902. The molecule has 0 unspecified atom stereocenters. The van der Waals surface area contributed by atoms with Crippen LogP contribution in [0.2, 0.25) is 0 Å². The third-order valence-electron chi connectivity index (χ3n) is 4.64. The van der Waals surface area contributed by atoms with Crippen LogP contribution in [0.5, 0.6) is 5.75 Å². The molecule has 0 spiro atoms. The molecule has 0 saturated carbocycles. The molecule has 1 N–H and O–H groups in total. The van der Waals surface area contributed by atoms with Crippen molar-refractivity contribution in [2.45, 2.75) is 38.3 Å². The zero-order valence-electron chi connectivity index (χ0n) is 15.3. The molecule has 1 fully saturated rings. The SMILES string of the molecule is O=C(NCCc1ccc(OC(F)F)cc1)[C@@H]1CCCN1C(=O)Cc1cccs1. The van der Waals surface area contributed by atoms with Crippen molar-refractivity contribution in [3.8, 4) is 5.75 Å². The van der Waals surface area contributed by atoms with Gasteiger partial charge in [-0.3, -0.25) is 9.59 Å². The number of benzene rings is 1. The third kappa shape index (κ3) is 5.51. The van der Waals surface area contributed by atoms with Gasteiger partial charge in [-0.05, 0) is 48.4 Å². The Bertz CT molecular complexity index is 781. The number of hydrogen-bond donors (Lipinski definition) is 1. The molecule has 2 aromatic rings. The molecule has 0 bridgehead atoms. The third-order valence-corrected chi connectivity index (χ3v) is 5.52. The summed E-state index contributed by atoms with van der Waals surface area (Å²) >= 11 is 1.54. The lowest BCUT2D eigenvalue weighted by atomic mass is 10.1. The van der Waals surface area contributed by atoms with E-state index in [0.29, 0.717) is 32.4 Å². The van der Waals surface area contributed by atoms with Crippen molar-refractivity contribution in [1.29, 1.82) is 0 Å². The Morgan fingerprint density at radius 1 is 1.25 bits per heavy atom. The Morgan fingerprint density at radius 2 is 2.04 bits per heavy atom. The van der Waals surface area contributed by atoms with Crippen LogP contribution >= 0.6 is 11.3 Å². The maximum Gasteiger partial charge on any atom is 0.387 e. The molecule has 1 aliphatic rings. The Balaban J connectivity index is 1.46. The highest BCUT2D eigenvalue weighted by molar-refractivity contribution is 7.10. The van der Waals surface area contributed by atoms with Gasteiger partial charge in [-0.2, -0.15) is 8.78 Å². The molecule has 2 amide bonds. The minimum atomic E-state index is -2.85. The first-order valence-corrected chi connectivity index (χ1v) is 10.0. The first-order valence-electron chi connectivity index (χ1n) is 9.16. The van der Waals surface area contributed by atoms with Crippen molar-refractivity contribution in [3.63, 3.8) is 0 Å². The minimum absolute atomic E-state index is 0.0188. The van der Waals surface area contributed by atoms with Crippen LogP contribution in [0.3, 0.4) is 0 Å². The highest BCUT2D eigenvalue weighted by Crippen LogP contribution is 2.20. The van der Waals surface area contributed by atoms with Crippen molar-refractivity contribution < 1.29 is 23.1 Å². The summed E-state index contributed by atoms with van der Waals surface area (Å²) in [5, 5.41) is 4.82. The average Bonchev–Trinajstić information content (AvgIpc) is 3.34. The van der Waals surface area contributed by atoms with E-state index >= 15 is 0 Å². The standard InChI is InChI=1S/C20H22F2N2O3S/c21-20(22)27-15-7-5-14(6-8-15)9-10-23-19(26)17-4-1-11-24(17)18(25)13-16-3-2-12-28-16/h2-3,5-8,12,17,20H,1,4,9-11,13H2,(H,23,26)/t17-/m0/s1. The zero-order valence-corrected chi connectivity index (χ0v) is 16.1. The Morgan fingerprint density at radius 3 is 2.71 bits per heavy atom. The second-order valence-corrected chi connectivity index (χ2v) is 7.60. The maximum absolute atomic E-state index is 12.5. The summed E-state index contributed by atoms with van der Waals surface area (Å²) in [6, 6.07) is 9.75. The van der Waals surface area contributed by atoms with Gasteiger partial charge >= 0.3 is 6.61 Å². The number of nitrogens with zero attached hydrogens (tertiary/aromatic N) is 1. The van der Waals surface area contributed by atoms with Crippen LogP contribution in [0.1, 0.15) is 23.3 Å². The average molecular weight is 408 g/mol. The lowest BCUT2D eigenvalue weighted by molar-refractivity contribution is -0.137. The van der Waals surface area contributed by atoms with Gasteiger partial charge in [0.2, 0.25) is 11.8 Å². The molecule has 2 heterocycles. The summed E-state index contributed by atoms with van der Waals surface area (Å²) in [6.07, 6.45) is 2.38. The summed E-state index contributed by atoms with van der Waals surface area (Å²) < 4.78 is 28.6. The van der Waals surface area contributed by atoms with Crippen molar-refractivity contribution in [1.82, 2.24) is 10.2 Å². The van der Waals surface area contributed by atoms with Gasteiger partial charge in [-0.1, -0.05) is 18.2 Å². The van der Waals surface area contributed by atoms with E-state index in [1.807, 2.05) is 17.5 Å². The normalized spacial score (nSPS) is 16.4. The predicted octanol–water partition coefficient (Wildman–Crippen LogP) is 3.24. The smallest absolute Gasteiger partial charge is 0.387 e. The number of likely N-dealkylation sites (tertiary alicyclic amines) is 1. The quantitative estimate of drug-likeness (QED) is 0.730. The van der Waals surface area contributed by atoms with E-state index in [9.17, 15) is 18.4 Å². The second kappa shape index (κ2) is 9.64. The number of carbonyl (C=O) groups is 2. The number of ether oxygens (including phenoxy) is 1. The fourth-order valence-corrected chi connectivity index (χ4v) is 3.98. The van der Waals surface area contributed by atoms with E-state index in [0.717, 1.165) is 16.9 Å². The lowest BCUT2D eigenvalue weighted by Gasteiger charge is -2.24. The number of nitrogens with one attached hydrogen (secondary N) is 1. The Labute approximate surface area is 166 Å². The van der Waals surface area contributed by atoms with Crippen LogP contribution in [-0.4, -0.2) is 42.5 Å². The minimum Gasteiger partial charge on any atom is -0.435 e. The van der Waals surface area contributed by atoms with Gasteiger partial charge < -0.3 is 15.0 Å². The van der Waals surface area contributed by atoms with E-state index < -0.39 is 12.7 Å². The molecule has 150 valence electrons. The molecule has 8 heteroatoms. The van der Waals surface area contributed by atoms with Crippen LogP contribution in [0.15, 0.2) is 41.8 Å². The number of hydrogen-bond acceptors (Lipinski definition) is 4. The number of halogens is 2. The molecule has 1 saturated heterocycles. The summed E-state index contributed by atoms with van der Waals surface area (Å²) in [4.78, 5) is 27.7. The molecule has 1 aromatic heterocycles. The Hall–Kier alpha value is -2.48. The van der Waals surface area contributed by atoms with E-state index in [2.05, 4.69) is 10.1 Å². The van der Waals surface area contributed by atoms with Gasteiger partial charge in [0.25, 0.3) is 0 Å². The van der Waals surface area contributed by atoms with Crippen molar-refractivity contribution in [3.05, 3.63) is 52.2 Å². The molecule has 1 aromatic carbocycles. The molecule has 0 radical (unpaired) electrons. The molecular weight excluding hydrogens is 386 g/mol. The largest absolute Gasteiger partial charge is 0.435 e. The fourth-order valence-electron chi connectivity index (χ4n) is 3.29. The number of amides is 2. The molecule has 1 atom stereocenters. The van der Waals surface area contributed by atoms with Crippen LogP contribution in [0, 0.1) is 0 Å². The van der Waals surface area contributed by atoms with Gasteiger partial charge in [-0.15, -0.1) is 11.3 Å². The lowest BCUT2D eigenvalue weighted by Crippen LogP contribution is -2.46. The van der Waals surface area contributed by atoms with E-state index in [4.69, 9.17) is 0 Å². The molecule has 0 aliphatic carbocycles. The number of rotatable bonds is 8. The molecular formula is C20H22F2N2O3S. The van der Waals surface area contributed by atoms with Gasteiger partial charge in [0, 0.05) is 18.0 Å². The van der Waals surface area contributed by atoms with Crippen LogP contribution < -0.4 is 10.1 Å². The number of alkyl halides is 2. The highest BCUT2D eigenvalue weighted by Gasteiger charge is 2.33. The highest BCUT2D eigenvalue weighted by atomic mass is 32.1. The van der Waals surface area contributed by atoms with Gasteiger partial charge in [0.1, 0.15) is 11.8 Å². The fraction of sp³-hybridized carbons (Fsp3) is 0.400. The van der Waals surface area contributed by atoms with Crippen molar-refractivity contribution >= 4 is 23.2 Å². The van der Waals surface area contributed by atoms with Crippen LogP contribution in [0.4, 0.5) is 8.78 Å². The van der Waals surface area contributed by atoms with Crippen molar-refractivity contribution in [2.75, 3.05) is 13.1 Å². The van der Waals surface area contributed by atoms with Gasteiger partial charge in [0.05, 0.1) is 6.42 Å². The molecule has 28 heavy (non-hydrogen) atoms. The first-order chi connectivity index (χ1) is 13.5. The Kier molecular flexibility index (Phi) is 6.97. The monoisotopic (exact) mass is 408 g/mol. The summed E-state index contributed by atoms with van der Waals surface area (Å²) in [7, 11) is 0. The van der Waals surface area contributed by atoms with E-state index in [1.54, 1.807) is 17.0 Å². The first kappa shape index (κ1) is 20.3. The van der Waals surface area contributed by atoms with Crippen LogP contribution in [0.25, 0.3) is 0 Å².